The highest BCUT2D eigenvalue weighted by Gasteiger charge is 2.12. The van der Waals surface area contributed by atoms with E-state index in [0.717, 1.165) is 25.2 Å². The van der Waals surface area contributed by atoms with Gasteiger partial charge in [-0.25, -0.2) is 13.6 Å². The Labute approximate surface area is 123 Å². The van der Waals surface area contributed by atoms with Gasteiger partial charge in [-0.2, -0.15) is 0 Å². The lowest BCUT2D eigenvalue weighted by atomic mass is 10.2. The second kappa shape index (κ2) is 8.41. The summed E-state index contributed by atoms with van der Waals surface area (Å²) in [4.78, 5) is 13.8. The predicted molar refractivity (Wildman–Crippen MR) is 77.7 cm³/mol. The number of ether oxygens (including phenoxy) is 1. The van der Waals surface area contributed by atoms with Gasteiger partial charge in [0.2, 0.25) is 0 Å². The Hall–Kier alpha value is -1.89. The Bertz CT molecular complexity index is 456. The molecule has 0 saturated carbocycles. The van der Waals surface area contributed by atoms with Crippen LogP contribution in [0.3, 0.4) is 0 Å². The predicted octanol–water partition coefficient (Wildman–Crippen LogP) is 2.44. The van der Waals surface area contributed by atoms with Crippen LogP contribution in [-0.2, 0) is 0 Å². The summed E-state index contributed by atoms with van der Waals surface area (Å²) in [5.74, 6) is -2.20. The maximum absolute atomic E-state index is 13.5. The Balaban J connectivity index is 2.52. The number of nitrogens with zero attached hydrogens (tertiary/aromatic N) is 1. The van der Waals surface area contributed by atoms with Gasteiger partial charge in [0.25, 0.3) is 0 Å². The standard InChI is InChI=1S/C14H21F2N3O2/c1-4-19(5-2)7-6-17-14(20)18-10-8-11(15)13(21-3)12(16)9-10/h8-9H,4-7H2,1-3H3,(H2,17,18,20). The molecular formula is C14H21F2N3O2. The number of hydrogen-bond donors (Lipinski definition) is 2. The van der Waals surface area contributed by atoms with Crippen LogP contribution in [0.1, 0.15) is 13.8 Å². The van der Waals surface area contributed by atoms with Crippen LogP contribution in [0.2, 0.25) is 0 Å². The molecule has 2 amide bonds. The number of methoxy groups -OCH3 is 1. The molecule has 2 N–H and O–H groups in total. The molecule has 0 radical (unpaired) electrons. The molecule has 0 unspecified atom stereocenters. The number of carbonyl (C=O) groups excluding carboxylic acids is 1. The first-order valence-electron chi connectivity index (χ1n) is 6.82. The third kappa shape index (κ3) is 5.18. The molecule has 0 saturated heterocycles. The van der Waals surface area contributed by atoms with Crippen molar-refractivity contribution in [3.8, 4) is 5.75 Å². The van der Waals surface area contributed by atoms with Crippen molar-refractivity contribution in [1.82, 2.24) is 10.2 Å². The molecular weight excluding hydrogens is 280 g/mol. The molecule has 118 valence electrons. The van der Waals surface area contributed by atoms with Gasteiger partial charge in [-0.1, -0.05) is 13.8 Å². The van der Waals surface area contributed by atoms with Crippen LogP contribution in [0.5, 0.6) is 5.75 Å². The molecule has 0 heterocycles. The normalized spacial score (nSPS) is 10.6. The molecule has 0 aliphatic carbocycles. The Kier molecular flexibility index (Phi) is 6.87. The number of hydrogen-bond acceptors (Lipinski definition) is 3. The minimum Gasteiger partial charge on any atom is -0.491 e. The van der Waals surface area contributed by atoms with Gasteiger partial charge >= 0.3 is 6.03 Å². The Morgan fingerprint density at radius 1 is 1.24 bits per heavy atom. The molecule has 1 rings (SSSR count). The molecule has 5 nitrogen and oxygen atoms in total. The van der Waals surface area contributed by atoms with Crippen molar-refractivity contribution in [2.24, 2.45) is 0 Å². The second-order valence-electron chi connectivity index (χ2n) is 4.38. The molecule has 7 heteroatoms. The highest BCUT2D eigenvalue weighted by molar-refractivity contribution is 5.89. The van der Waals surface area contributed by atoms with Crippen LogP contribution in [-0.4, -0.2) is 44.2 Å². The van der Waals surface area contributed by atoms with Crippen LogP contribution < -0.4 is 15.4 Å². The van der Waals surface area contributed by atoms with Gasteiger partial charge in [0.15, 0.2) is 17.4 Å². The smallest absolute Gasteiger partial charge is 0.319 e. The van der Waals surface area contributed by atoms with Gasteiger partial charge in [0, 0.05) is 30.9 Å². The minimum absolute atomic E-state index is 0.0335. The number of nitrogens with one attached hydrogen (secondary N) is 2. The molecule has 0 fully saturated rings. The topological polar surface area (TPSA) is 53.6 Å². The molecule has 0 aromatic heterocycles. The van der Waals surface area contributed by atoms with Crippen molar-refractivity contribution in [2.75, 3.05) is 38.6 Å². The summed E-state index contributed by atoms with van der Waals surface area (Å²) in [6.07, 6.45) is 0. The van der Waals surface area contributed by atoms with Crippen molar-refractivity contribution in [1.29, 1.82) is 0 Å². The molecule has 0 spiro atoms. The van der Waals surface area contributed by atoms with E-state index in [0.29, 0.717) is 13.1 Å². The average Bonchev–Trinajstić information content (AvgIpc) is 2.43. The second-order valence-corrected chi connectivity index (χ2v) is 4.38. The molecule has 21 heavy (non-hydrogen) atoms. The Morgan fingerprint density at radius 2 is 1.81 bits per heavy atom. The number of anilines is 1. The van der Waals surface area contributed by atoms with Crippen molar-refractivity contribution in [3.63, 3.8) is 0 Å². The first kappa shape index (κ1) is 17.2. The summed E-state index contributed by atoms with van der Waals surface area (Å²) in [5.41, 5.74) is 0.0335. The van der Waals surface area contributed by atoms with E-state index in [2.05, 4.69) is 20.3 Å². The third-order valence-electron chi connectivity index (χ3n) is 3.07. The number of likely N-dealkylation sites (N-methyl/N-ethyl adjacent to an activating group) is 1. The lowest BCUT2D eigenvalue weighted by Crippen LogP contribution is -2.36. The van der Waals surface area contributed by atoms with Crippen LogP contribution >= 0.6 is 0 Å². The summed E-state index contributed by atoms with van der Waals surface area (Å²) >= 11 is 0. The van der Waals surface area contributed by atoms with E-state index in [1.165, 1.54) is 7.11 Å². The number of benzene rings is 1. The maximum Gasteiger partial charge on any atom is 0.319 e. The molecule has 0 atom stereocenters. The van der Waals surface area contributed by atoms with Gasteiger partial charge in [0.1, 0.15) is 0 Å². The van der Waals surface area contributed by atoms with E-state index < -0.39 is 23.4 Å². The first-order chi connectivity index (χ1) is 10.0. The largest absolute Gasteiger partial charge is 0.491 e. The fourth-order valence-electron chi connectivity index (χ4n) is 1.87. The highest BCUT2D eigenvalue weighted by Crippen LogP contribution is 2.25. The SMILES string of the molecule is CCN(CC)CCNC(=O)Nc1cc(F)c(OC)c(F)c1. The van der Waals surface area contributed by atoms with Crippen molar-refractivity contribution in [2.45, 2.75) is 13.8 Å². The maximum atomic E-state index is 13.5. The quantitative estimate of drug-likeness (QED) is 0.813. The lowest BCUT2D eigenvalue weighted by molar-refractivity contribution is 0.248. The van der Waals surface area contributed by atoms with Crippen molar-refractivity contribution in [3.05, 3.63) is 23.8 Å². The zero-order chi connectivity index (χ0) is 15.8. The third-order valence-corrected chi connectivity index (χ3v) is 3.07. The fourth-order valence-corrected chi connectivity index (χ4v) is 1.87. The van der Waals surface area contributed by atoms with E-state index in [9.17, 15) is 13.6 Å². The van der Waals surface area contributed by atoms with Gasteiger partial charge < -0.3 is 20.3 Å². The number of amides is 2. The molecule has 1 aromatic rings. The average molecular weight is 301 g/mol. The van der Waals surface area contributed by atoms with Gasteiger partial charge in [0.05, 0.1) is 7.11 Å². The summed E-state index contributed by atoms with van der Waals surface area (Å²) in [5, 5.41) is 5.01. The monoisotopic (exact) mass is 301 g/mol. The fraction of sp³-hybridized carbons (Fsp3) is 0.500. The van der Waals surface area contributed by atoms with Crippen LogP contribution in [0.15, 0.2) is 12.1 Å². The van der Waals surface area contributed by atoms with Crippen LogP contribution in [0.4, 0.5) is 19.3 Å². The summed E-state index contributed by atoms with van der Waals surface area (Å²) in [7, 11) is 1.18. The van der Waals surface area contributed by atoms with Gasteiger partial charge in [-0.15, -0.1) is 0 Å². The number of carbonyl (C=O) groups is 1. The van der Waals surface area contributed by atoms with E-state index >= 15 is 0 Å². The zero-order valence-corrected chi connectivity index (χ0v) is 12.5. The summed E-state index contributed by atoms with van der Waals surface area (Å²) in [6.45, 7) is 7.03. The van der Waals surface area contributed by atoms with Crippen molar-refractivity contribution >= 4 is 11.7 Å². The zero-order valence-electron chi connectivity index (χ0n) is 12.5. The number of rotatable bonds is 7. The van der Waals surface area contributed by atoms with E-state index in [-0.39, 0.29) is 5.69 Å². The first-order valence-corrected chi connectivity index (χ1v) is 6.82. The molecule has 0 aliphatic rings. The van der Waals surface area contributed by atoms with E-state index in [1.807, 2.05) is 13.8 Å². The van der Waals surface area contributed by atoms with Gasteiger partial charge in [-0.05, 0) is 13.1 Å². The van der Waals surface area contributed by atoms with Crippen molar-refractivity contribution < 1.29 is 18.3 Å². The van der Waals surface area contributed by atoms with Crippen LogP contribution in [0, 0.1) is 11.6 Å². The number of urea groups is 1. The molecule has 0 aliphatic heterocycles. The highest BCUT2D eigenvalue weighted by atomic mass is 19.1. The van der Waals surface area contributed by atoms with E-state index in [4.69, 9.17) is 0 Å². The minimum atomic E-state index is -0.865. The summed E-state index contributed by atoms with van der Waals surface area (Å²) < 4.78 is 31.5. The van der Waals surface area contributed by atoms with Gasteiger partial charge in [-0.3, -0.25) is 0 Å². The number of halogens is 2. The van der Waals surface area contributed by atoms with Crippen LogP contribution in [0.25, 0.3) is 0 Å². The Morgan fingerprint density at radius 3 is 2.29 bits per heavy atom. The summed E-state index contributed by atoms with van der Waals surface area (Å²) in [6, 6.07) is 1.50. The molecule has 1 aromatic carbocycles. The molecule has 0 bridgehead atoms. The lowest BCUT2D eigenvalue weighted by Gasteiger charge is -2.18. The van der Waals surface area contributed by atoms with E-state index in [1.54, 1.807) is 0 Å².